The highest BCUT2D eigenvalue weighted by Gasteiger charge is 2.05. The Kier molecular flexibility index (Phi) is 5.44. The van der Waals surface area contributed by atoms with Crippen molar-refractivity contribution in [3.8, 4) is 0 Å². The van der Waals surface area contributed by atoms with Gasteiger partial charge in [0.05, 0.1) is 17.3 Å². The van der Waals surface area contributed by atoms with E-state index in [9.17, 15) is 4.79 Å². The van der Waals surface area contributed by atoms with Crippen molar-refractivity contribution in [1.82, 2.24) is 0 Å². The Morgan fingerprint density at radius 2 is 2.00 bits per heavy atom. The number of hydrogen-bond donors (Lipinski definition) is 2. The molecule has 4 nitrogen and oxygen atoms in total. The molecule has 0 aliphatic carbocycles. The third kappa shape index (κ3) is 4.93. The van der Waals surface area contributed by atoms with Gasteiger partial charge in [0, 0.05) is 10.7 Å². The van der Waals surface area contributed by atoms with Gasteiger partial charge in [0.15, 0.2) is 0 Å². The number of nitrogens with two attached hydrogens (primary N) is 1. The van der Waals surface area contributed by atoms with E-state index in [1.54, 1.807) is 30.3 Å². The number of amides is 1. The molecule has 0 radical (unpaired) electrons. The number of ether oxygens (including phenoxy) is 1. The second-order valence-electron chi connectivity index (χ2n) is 4.41. The Balaban J connectivity index is 1.81. The summed E-state index contributed by atoms with van der Waals surface area (Å²) < 4.78 is 5.33. The number of rotatable bonds is 5. The summed E-state index contributed by atoms with van der Waals surface area (Å²) in [5.74, 6) is -0.265. The van der Waals surface area contributed by atoms with Gasteiger partial charge in [0.2, 0.25) is 5.91 Å². The summed E-state index contributed by atoms with van der Waals surface area (Å²) in [6.45, 7) is 0.256. The number of nitrogens with one attached hydrogen (secondary N) is 1. The Bertz CT molecular complexity index is 647. The van der Waals surface area contributed by atoms with Crippen molar-refractivity contribution in [3.05, 3.63) is 58.1 Å². The second-order valence-corrected chi connectivity index (χ2v) is 5.25. The van der Waals surface area contributed by atoms with Gasteiger partial charge in [-0.05, 0) is 35.9 Å². The first-order chi connectivity index (χ1) is 10.0. The van der Waals surface area contributed by atoms with E-state index in [0.29, 0.717) is 28.0 Å². The van der Waals surface area contributed by atoms with Crippen molar-refractivity contribution >= 4 is 40.5 Å². The number of carbonyl (C=O) groups excluding carboxylic acids is 1. The number of anilines is 2. The smallest absolute Gasteiger partial charge is 0.250 e. The van der Waals surface area contributed by atoms with Crippen molar-refractivity contribution in [1.29, 1.82) is 0 Å². The molecule has 0 fully saturated rings. The molecule has 0 saturated carbocycles. The minimum Gasteiger partial charge on any atom is -0.397 e. The summed E-state index contributed by atoms with van der Waals surface area (Å²) in [7, 11) is 0. The first-order valence-corrected chi connectivity index (χ1v) is 6.97. The average molecular weight is 325 g/mol. The summed E-state index contributed by atoms with van der Waals surface area (Å²) in [6, 6.07) is 12.2. The second kappa shape index (κ2) is 7.31. The van der Waals surface area contributed by atoms with Gasteiger partial charge in [0.1, 0.15) is 6.61 Å². The summed E-state index contributed by atoms with van der Waals surface area (Å²) in [5.41, 5.74) is 7.56. The molecule has 0 bridgehead atoms. The lowest BCUT2D eigenvalue weighted by atomic mass is 10.2. The Labute approximate surface area is 132 Å². The zero-order valence-corrected chi connectivity index (χ0v) is 12.6. The van der Waals surface area contributed by atoms with Gasteiger partial charge in [-0.3, -0.25) is 4.79 Å². The molecule has 3 N–H and O–H groups in total. The van der Waals surface area contributed by atoms with E-state index in [4.69, 9.17) is 33.7 Å². The van der Waals surface area contributed by atoms with Crippen molar-refractivity contribution in [3.63, 3.8) is 0 Å². The standard InChI is InChI=1S/C15H14Cl2N2O2/c16-11-3-1-2-10(6-11)8-21-9-15(20)19-12-4-5-13(17)14(18)7-12/h1-7H,8-9,18H2,(H,19,20). The highest BCUT2D eigenvalue weighted by atomic mass is 35.5. The molecular formula is C15H14Cl2N2O2. The first-order valence-electron chi connectivity index (χ1n) is 6.21. The van der Waals surface area contributed by atoms with Gasteiger partial charge in [-0.15, -0.1) is 0 Å². The fraction of sp³-hybridized carbons (Fsp3) is 0.133. The number of benzene rings is 2. The fourth-order valence-electron chi connectivity index (χ4n) is 1.71. The largest absolute Gasteiger partial charge is 0.397 e. The van der Waals surface area contributed by atoms with Crippen LogP contribution in [-0.4, -0.2) is 12.5 Å². The van der Waals surface area contributed by atoms with Crippen LogP contribution < -0.4 is 11.1 Å². The maximum Gasteiger partial charge on any atom is 0.250 e. The van der Waals surface area contributed by atoms with Crippen LogP contribution in [0.25, 0.3) is 0 Å². The lowest BCUT2D eigenvalue weighted by Crippen LogP contribution is -2.18. The normalized spacial score (nSPS) is 10.4. The van der Waals surface area contributed by atoms with Crippen molar-refractivity contribution < 1.29 is 9.53 Å². The molecule has 0 heterocycles. The van der Waals surface area contributed by atoms with Gasteiger partial charge < -0.3 is 15.8 Å². The molecule has 0 aliphatic rings. The summed E-state index contributed by atoms with van der Waals surface area (Å²) in [5, 5.41) is 3.76. The molecule has 0 spiro atoms. The summed E-state index contributed by atoms with van der Waals surface area (Å²) in [4.78, 5) is 11.7. The van der Waals surface area contributed by atoms with Crippen molar-refractivity contribution in [2.45, 2.75) is 6.61 Å². The van der Waals surface area contributed by atoms with Gasteiger partial charge in [-0.2, -0.15) is 0 Å². The molecule has 0 aliphatic heterocycles. The number of hydrogen-bond acceptors (Lipinski definition) is 3. The molecule has 2 aromatic rings. The summed E-state index contributed by atoms with van der Waals surface area (Å²) in [6.07, 6.45) is 0. The Morgan fingerprint density at radius 3 is 2.71 bits per heavy atom. The maximum absolute atomic E-state index is 11.7. The molecule has 0 aromatic heterocycles. The summed E-state index contributed by atoms with van der Waals surface area (Å²) >= 11 is 11.7. The predicted octanol–water partition coefficient (Wildman–Crippen LogP) is 3.73. The molecule has 0 unspecified atom stereocenters. The highest BCUT2D eigenvalue weighted by Crippen LogP contribution is 2.22. The lowest BCUT2D eigenvalue weighted by Gasteiger charge is -2.08. The maximum atomic E-state index is 11.7. The van der Waals surface area contributed by atoms with Crippen LogP contribution in [0.4, 0.5) is 11.4 Å². The van der Waals surface area contributed by atoms with E-state index in [2.05, 4.69) is 5.32 Å². The van der Waals surface area contributed by atoms with Gasteiger partial charge >= 0.3 is 0 Å². The minimum absolute atomic E-state index is 0.0605. The number of nitrogen functional groups attached to an aromatic ring is 1. The predicted molar refractivity (Wildman–Crippen MR) is 85.6 cm³/mol. The number of halogens is 2. The van der Waals surface area contributed by atoms with Crippen LogP contribution in [0.3, 0.4) is 0 Å². The average Bonchev–Trinajstić information content (AvgIpc) is 2.43. The molecule has 0 saturated heterocycles. The van der Waals surface area contributed by atoms with Crippen LogP contribution in [0.1, 0.15) is 5.56 Å². The molecule has 6 heteroatoms. The van der Waals surface area contributed by atoms with Crippen LogP contribution in [0.5, 0.6) is 0 Å². The molecule has 110 valence electrons. The van der Waals surface area contributed by atoms with Crippen molar-refractivity contribution in [2.24, 2.45) is 0 Å². The molecule has 2 aromatic carbocycles. The lowest BCUT2D eigenvalue weighted by molar-refractivity contribution is -0.121. The van der Waals surface area contributed by atoms with E-state index in [1.165, 1.54) is 0 Å². The zero-order chi connectivity index (χ0) is 15.2. The topological polar surface area (TPSA) is 64.3 Å². The van der Waals surface area contributed by atoms with Gasteiger partial charge in [0.25, 0.3) is 0 Å². The van der Waals surface area contributed by atoms with Crippen LogP contribution in [0.2, 0.25) is 10.0 Å². The third-order valence-corrected chi connectivity index (χ3v) is 3.25. The van der Waals surface area contributed by atoms with E-state index in [1.807, 2.05) is 12.1 Å². The van der Waals surface area contributed by atoms with E-state index in [-0.39, 0.29) is 12.5 Å². The molecule has 2 rings (SSSR count). The fourth-order valence-corrected chi connectivity index (χ4v) is 2.04. The van der Waals surface area contributed by atoms with Gasteiger partial charge in [-0.25, -0.2) is 0 Å². The van der Waals surface area contributed by atoms with E-state index >= 15 is 0 Å². The zero-order valence-electron chi connectivity index (χ0n) is 11.1. The highest BCUT2D eigenvalue weighted by molar-refractivity contribution is 6.33. The third-order valence-electron chi connectivity index (χ3n) is 2.67. The molecule has 1 amide bonds. The SMILES string of the molecule is Nc1cc(NC(=O)COCc2cccc(Cl)c2)ccc1Cl. The van der Waals surface area contributed by atoms with E-state index in [0.717, 1.165) is 5.56 Å². The monoisotopic (exact) mass is 324 g/mol. The quantitative estimate of drug-likeness (QED) is 0.823. The molecule has 0 atom stereocenters. The Morgan fingerprint density at radius 1 is 1.19 bits per heavy atom. The van der Waals surface area contributed by atoms with Crippen LogP contribution in [-0.2, 0) is 16.1 Å². The van der Waals surface area contributed by atoms with Crippen LogP contribution >= 0.6 is 23.2 Å². The van der Waals surface area contributed by atoms with Crippen LogP contribution in [0, 0.1) is 0 Å². The number of carbonyl (C=O) groups is 1. The molecular weight excluding hydrogens is 311 g/mol. The minimum atomic E-state index is -0.265. The Hall–Kier alpha value is -1.75. The van der Waals surface area contributed by atoms with Crippen molar-refractivity contribution in [2.75, 3.05) is 17.7 Å². The molecule has 21 heavy (non-hydrogen) atoms. The first kappa shape index (κ1) is 15.6. The van der Waals surface area contributed by atoms with Crippen LogP contribution in [0.15, 0.2) is 42.5 Å². The van der Waals surface area contributed by atoms with E-state index < -0.39 is 0 Å². The van der Waals surface area contributed by atoms with Gasteiger partial charge in [-0.1, -0.05) is 35.3 Å².